The van der Waals surface area contributed by atoms with Gasteiger partial charge < -0.3 is 15.8 Å². The van der Waals surface area contributed by atoms with Gasteiger partial charge in [-0.2, -0.15) is 0 Å². The molecule has 1 fully saturated rings. The highest BCUT2D eigenvalue weighted by Crippen LogP contribution is 2.27. The number of carbonyl (C=O) groups is 2. The summed E-state index contributed by atoms with van der Waals surface area (Å²) >= 11 is 0. The number of rotatable bonds is 4. The number of esters is 1. The molecule has 1 saturated carbocycles. The van der Waals surface area contributed by atoms with Crippen molar-refractivity contribution in [1.29, 1.82) is 0 Å². The maximum Gasteiger partial charge on any atom is 0.307 e. The molecule has 6 heteroatoms. The van der Waals surface area contributed by atoms with Gasteiger partial charge in [-0.15, -0.1) is 12.4 Å². The SMILES string of the molecule is COC(=O)CCNC(=O)C1(N)CCCC1.Cl. The Balaban J connectivity index is 0.00000225. The number of amides is 1. The number of ether oxygens (including phenoxy) is 1. The molecular formula is C10H19ClN2O3. The molecule has 1 rings (SSSR count). The van der Waals surface area contributed by atoms with E-state index in [0.29, 0.717) is 6.54 Å². The van der Waals surface area contributed by atoms with Gasteiger partial charge in [-0.25, -0.2) is 0 Å². The van der Waals surface area contributed by atoms with E-state index < -0.39 is 5.54 Å². The zero-order valence-corrected chi connectivity index (χ0v) is 10.3. The third kappa shape index (κ3) is 3.98. The number of methoxy groups -OCH3 is 1. The molecule has 0 atom stereocenters. The van der Waals surface area contributed by atoms with Crippen molar-refractivity contribution in [2.45, 2.75) is 37.6 Å². The minimum Gasteiger partial charge on any atom is -0.469 e. The zero-order chi connectivity index (χ0) is 11.3. The fraction of sp³-hybridized carbons (Fsp3) is 0.800. The molecule has 0 heterocycles. The van der Waals surface area contributed by atoms with Crippen LogP contribution in [0.4, 0.5) is 0 Å². The number of hydrogen-bond acceptors (Lipinski definition) is 4. The highest BCUT2D eigenvalue weighted by atomic mass is 35.5. The molecule has 16 heavy (non-hydrogen) atoms. The molecule has 0 radical (unpaired) electrons. The highest BCUT2D eigenvalue weighted by molar-refractivity contribution is 5.86. The predicted molar refractivity (Wildman–Crippen MR) is 62.3 cm³/mol. The molecule has 0 aromatic carbocycles. The van der Waals surface area contributed by atoms with E-state index in [4.69, 9.17) is 5.73 Å². The van der Waals surface area contributed by atoms with Crippen molar-refractivity contribution in [2.24, 2.45) is 5.73 Å². The van der Waals surface area contributed by atoms with Crippen LogP contribution < -0.4 is 11.1 Å². The first-order valence-corrected chi connectivity index (χ1v) is 5.22. The molecule has 1 aliphatic rings. The number of halogens is 1. The number of carbonyl (C=O) groups excluding carboxylic acids is 2. The van der Waals surface area contributed by atoms with E-state index in [0.717, 1.165) is 25.7 Å². The fourth-order valence-electron chi connectivity index (χ4n) is 1.79. The summed E-state index contributed by atoms with van der Waals surface area (Å²) in [6, 6.07) is 0. The van der Waals surface area contributed by atoms with Crippen molar-refractivity contribution >= 4 is 24.3 Å². The Hall–Kier alpha value is -0.810. The molecule has 1 aliphatic carbocycles. The first kappa shape index (κ1) is 15.2. The molecule has 1 amide bonds. The molecule has 0 aromatic heterocycles. The van der Waals surface area contributed by atoms with Crippen LogP contribution in [-0.4, -0.2) is 31.1 Å². The quantitative estimate of drug-likeness (QED) is 0.706. The monoisotopic (exact) mass is 250 g/mol. The Bertz CT molecular complexity index is 252. The van der Waals surface area contributed by atoms with Crippen molar-refractivity contribution < 1.29 is 14.3 Å². The lowest BCUT2D eigenvalue weighted by molar-refractivity contribution is -0.140. The minimum atomic E-state index is -0.712. The molecule has 3 N–H and O–H groups in total. The first-order chi connectivity index (χ1) is 7.08. The summed E-state index contributed by atoms with van der Waals surface area (Å²) in [5.41, 5.74) is 5.21. The first-order valence-electron chi connectivity index (χ1n) is 5.22. The van der Waals surface area contributed by atoms with Crippen LogP contribution in [0.25, 0.3) is 0 Å². The molecule has 0 aliphatic heterocycles. The lowest BCUT2D eigenvalue weighted by Crippen LogP contribution is -2.52. The third-order valence-electron chi connectivity index (χ3n) is 2.79. The van der Waals surface area contributed by atoms with Crippen molar-refractivity contribution in [3.8, 4) is 0 Å². The topological polar surface area (TPSA) is 81.4 Å². The van der Waals surface area contributed by atoms with Crippen LogP contribution in [0.2, 0.25) is 0 Å². The second kappa shape index (κ2) is 6.70. The minimum absolute atomic E-state index is 0. The second-order valence-electron chi connectivity index (χ2n) is 3.95. The summed E-state index contributed by atoms with van der Waals surface area (Å²) in [4.78, 5) is 22.4. The van der Waals surface area contributed by atoms with E-state index in [-0.39, 0.29) is 30.7 Å². The Morgan fingerprint density at radius 3 is 2.44 bits per heavy atom. The standard InChI is InChI=1S/C10H18N2O3.ClH/c1-15-8(13)4-7-12-9(14)10(11)5-2-3-6-10;/h2-7,11H2,1H3,(H,12,14);1H. The van der Waals surface area contributed by atoms with Gasteiger partial charge in [0, 0.05) is 6.54 Å². The largest absolute Gasteiger partial charge is 0.469 e. The average Bonchev–Trinajstić information content (AvgIpc) is 2.66. The van der Waals surface area contributed by atoms with Crippen molar-refractivity contribution in [1.82, 2.24) is 5.32 Å². The van der Waals surface area contributed by atoms with E-state index in [1.54, 1.807) is 0 Å². The third-order valence-corrected chi connectivity index (χ3v) is 2.79. The van der Waals surface area contributed by atoms with Crippen molar-refractivity contribution in [2.75, 3.05) is 13.7 Å². The van der Waals surface area contributed by atoms with Crippen LogP contribution >= 0.6 is 12.4 Å². The van der Waals surface area contributed by atoms with Crippen LogP contribution in [0.15, 0.2) is 0 Å². The molecule has 94 valence electrons. The lowest BCUT2D eigenvalue weighted by Gasteiger charge is -2.21. The summed E-state index contributed by atoms with van der Waals surface area (Å²) in [6.07, 6.45) is 3.66. The maximum atomic E-state index is 11.6. The van der Waals surface area contributed by atoms with E-state index in [1.807, 2.05) is 0 Å². The Morgan fingerprint density at radius 2 is 1.94 bits per heavy atom. The van der Waals surface area contributed by atoms with E-state index >= 15 is 0 Å². The summed E-state index contributed by atoms with van der Waals surface area (Å²) < 4.78 is 4.46. The van der Waals surface area contributed by atoms with E-state index in [2.05, 4.69) is 10.1 Å². The predicted octanol–water partition coefficient (Wildman–Crippen LogP) is 0.359. The van der Waals surface area contributed by atoms with Crippen LogP contribution in [-0.2, 0) is 14.3 Å². The average molecular weight is 251 g/mol. The molecule has 0 bridgehead atoms. The molecule has 0 saturated heterocycles. The molecule has 0 unspecified atom stereocenters. The van der Waals surface area contributed by atoms with Gasteiger partial charge in [-0.05, 0) is 12.8 Å². The van der Waals surface area contributed by atoms with Gasteiger partial charge in [0.2, 0.25) is 5.91 Å². The Morgan fingerprint density at radius 1 is 1.38 bits per heavy atom. The second-order valence-corrected chi connectivity index (χ2v) is 3.95. The van der Waals surface area contributed by atoms with Gasteiger partial charge in [-0.1, -0.05) is 12.8 Å². The van der Waals surface area contributed by atoms with Crippen LogP contribution in [0.1, 0.15) is 32.1 Å². The fourth-order valence-corrected chi connectivity index (χ4v) is 1.79. The summed E-state index contributed by atoms with van der Waals surface area (Å²) in [7, 11) is 1.32. The van der Waals surface area contributed by atoms with Crippen molar-refractivity contribution in [3.05, 3.63) is 0 Å². The van der Waals surface area contributed by atoms with Gasteiger partial charge >= 0.3 is 5.97 Å². The molecular weight excluding hydrogens is 232 g/mol. The van der Waals surface area contributed by atoms with Crippen LogP contribution in [0.3, 0.4) is 0 Å². The Labute approximate surface area is 101 Å². The van der Waals surface area contributed by atoms with Gasteiger partial charge in [0.05, 0.1) is 19.1 Å². The van der Waals surface area contributed by atoms with Gasteiger partial charge in [-0.3, -0.25) is 9.59 Å². The van der Waals surface area contributed by atoms with Crippen LogP contribution in [0, 0.1) is 0 Å². The maximum absolute atomic E-state index is 11.6. The molecule has 0 aromatic rings. The molecule has 5 nitrogen and oxygen atoms in total. The summed E-state index contributed by atoms with van der Waals surface area (Å²) in [6.45, 7) is 0.296. The van der Waals surface area contributed by atoms with Crippen molar-refractivity contribution in [3.63, 3.8) is 0 Å². The van der Waals surface area contributed by atoms with Gasteiger partial charge in [0.15, 0.2) is 0 Å². The number of nitrogens with one attached hydrogen (secondary N) is 1. The van der Waals surface area contributed by atoms with Gasteiger partial charge in [0.1, 0.15) is 0 Å². The zero-order valence-electron chi connectivity index (χ0n) is 9.45. The van der Waals surface area contributed by atoms with E-state index in [1.165, 1.54) is 7.11 Å². The van der Waals surface area contributed by atoms with Gasteiger partial charge in [0.25, 0.3) is 0 Å². The Kier molecular flexibility index (Phi) is 6.36. The number of nitrogens with two attached hydrogens (primary N) is 1. The highest BCUT2D eigenvalue weighted by Gasteiger charge is 2.36. The summed E-state index contributed by atoms with van der Waals surface area (Å²) in [5.74, 6) is -0.475. The smallest absolute Gasteiger partial charge is 0.307 e. The van der Waals surface area contributed by atoms with E-state index in [9.17, 15) is 9.59 Å². The summed E-state index contributed by atoms with van der Waals surface area (Å²) in [5, 5.41) is 2.67. The van der Waals surface area contributed by atoms with Crippen LogP contribution in [0.5, 0.6) is 0 Å². The normalized spacial score (nSPS) is 17.4. The number of hydrogen-bond donors (Lipinski definition) is 2. The molecule has 0 spiro atoms. The lowest BCUT2D eigenvalue weighted by atomic mass is 9.98.